The van der Waals surface area contributed by atoms with Crippen LogP contribution in [0.2, 0.25) is 0 Å². The molecule has 0 spiro atoms. The van der Waals surface area contributed by atoms with Gasteiger partial charge < -0.3 is 4.57 Å². The van der Waals surface area contributed by atoms with Gasteiger partial charge in [0.05, 0.1) is 6.54 Å². The summed E-state index contributed by atoms with van der Waals surface area (Å²) in [4.78, 5) is 10.8. The summed E-state index contributed by atoms with van der Waals surface area (Å²) in [6.45, 7) is 2.57. The van der Waals surface area contributed by atoms with Crippen LogP contribution < -0.4 is 0 Å². The standard InChI is InChI=1S/C18H20N4/c1-21(13-17-7-9-19-10-8-17)15-18-20-11-12-22(18)14-16-5-3-2-4-6-16/h2-12H,13-15H2,1H3. The van der Waals surface area contributed by atoms with Crippen molar-refractivity contribution >= 4 is 0 Å². The van der Waals surface area contributed by atoms with Crippen LogP contribution >= 0.6 is 0 Å². The number of hydrogen-bond acceptors (Lipinski definition) is 3. The van der Waals surface area contributed by atoms with E-state index < -0.39 is 0 Å². The molecule has 0 saturated heterocycles. The summed E-state index contributed by atoms with van der Waals surface area (Å²) in [6.07, 6.45) is 7.58. The molecule has 3 rings (SSSR count). The van der Waals surface area contributed by atoms with E-state index in [4.69, 9.17) is 0 Å². The van der Waals surface area contributed by atoms with Crippen molar-refractivity contribution in [2.75, 3.05) is 7.05 Å². The topological polar surface area (TPSA) is 34.0 Å². The van der Waals surface area contributed by atoms with Crippen LogP contribution in [0.1, 0.15) is 17.0 Å². The first kappa shape index (κ1) is 14.5. The lowest BCUT2D eigenvalue weighted by Gasteiger charge is -2.17. The molecular weight excluding hydrogens is 272 g/mol. The summed E-state index contributed by atoms with van der Waals surface area (Å²) < 4.78 is 2.21. The smallest absolute Gasteiger partial charge is 0.123 e. The van der Waals surface area contributed by atoms with E-state index in [1.54, 1.807) is 0 Å². The van der Waals surface area contributed by atoms with Gasteiger partial charge in [-0.05, 0) is 30.3 Å². The van der Waals surface area contributed by atoms with Crippen molar-refractivity contribution in [1.29, 1.82) is 0 Å². The van der Waals surface area contributed by atoms with E-state index in [9.17, 15) is 0 Å². The minimum atomic E-state index is 0.822. The van der Waals surface area contributed by atoms with E-state index in [1.165, 1.54) is 11.1 Å². The highest BCUT2D eigenvalue weighted by Crippen LogP contribution is 2.09. The molecule has 112 valence electrons. The predicted octanol–water partition coefficient (Wildman–Crippen LogP) is 2.96. The highest BCUT2D eigenvalue weighted by Gasteiger charge is 2.07. The number of pyridine rings is 1. The molecule has 2 heterocycles. The van der Waals surface area contributed by atoms with E-state index in [1.807, 2.05) is 43.0 Å². The zero-order valence-corrected chi connectivity index (χ0v) is 12.8. The average molecular weight is 292 g/mol. The molecule has 0 aliphatic heterocycles. The Morgan fingerprint density at radius 3 is 2.45 bits per heavy atom. The van der Waals surface area contributed by atoms with Crippen molar-refractivity contribution < 1.29 is 0 Å². The Hall–Kier alpha value is -2.46. The SMILES string of the molecule is CN(Cc1ccncc1)Cc1nccn1Cc1ccccc1. The van der Waals surface area contributed by atoms with Crippen LogP contribution in [0.3, 0.4) is 0 Å². The minimum absolute atomic E-state index is 0.822. The molecule has 1 aromatic carbocycles. The lowest BCUT2D eigenvalue weighted by Crippen LogP contribution is -2.20. The molecule has 4 nitrogen and oxygen atoms in total. The Morgan fingerprint density at radius 2 is 1.68 bits per heavy atom. The van der Waals surface area contributed by atoms with Gasteiger partial charge in [-0.15, -0.1) is 0 Å². The fraction of sp³-hybridized carbons (Fsp3) is 0.222. The summed E-state index contributed by atoms with van der Waals surface area (Å²) in [7, 11) is 2.11. The van der Waals surface area contributed by atoms with Crippen LogP contribution in [0.5, 0.6) is 0 Å². The van der Waals surface area contributed by atoms with Gasteiger partial charge in [0.15, 0.2) is 0 Å². The molecule has 0 fully saturated rings. The highest BCUT2D eigenvalue weighted by molar-refractivity contribution is 5.16. The van der Waals surface area contributed by atoms with Crippen molar-refractivity contribution in [2.45, 2.75) is 19.6 Å². The fourth-order valence-corrected chi connectivity index (χ4v) is 2.51. The second kappa shape index (κ2) is 7.00. The molecule has 0 bridgehead atoms. The van der Waals surface area contributed by atoms with Gasteiger partial charge >= 0.3 is 0 Å². The monoisotopic (exact) mass is 292 g/mol. The van der Waals surface area contributed by atoms with Gasteiger partial charge in [-0.25, -0.2) is 4.98 Å². The van der Waals surface area contributed by atoms with Crippen LogP contribution in [-0.2, 0) is 19.6 Å². The van der Waals surface area contributed by atoms with Crippen LogP contribution in [0.25, 0.3) is 0 Å². The molecule has 22 heavy (non-hydrogen) atoms. The number of imidazole rings is 1. The third kappa shape index (κ3) is 3.80. The molecule has 0 N–H and O–H groups in total. The zero-order chi connectivity index (χ0) is 15.2. The Bertz CT molecular complexity index is 691. The largest absolute Gasteiger partial charge is 0.329 e. The molecule has 0 radical (unpaired) electrons. The van der Waals surface area contributed by atoms with Gasteiger partial charge in [-0.3, -0.25) is 9.88 Å². The Morgan fingerprint density at radius 1 is 0.909 bits per heavy atom. The summed E-state index contributed by atoms with van der Waals surface area (Å²) in [5.41, 5.74) is 2.55. The number of benzene rings is 1. The summed E-state index contributed by atoms with van der Waals surface area (Å²) in [5, 5.41) is 0. The maximum absolute atomic E-state index is 4.50. The third-order valence-electron chi connectivity index (χ3n) is 3.61. The number of hydrogen-bond donors (Lipinski definition) is 0. The molecular formula is C18H20N4. The van der Waals surface area contributed by atoms with Crippen LogP contribution in [0.4, 0.5) is 0 Å². The van der Waals surface area contributed by atoms with E-state index in [0.717, 1.165) is 25.5 Å². The highest BCUT2D eigenvalue weighted by atomic mass is 15.2. The first-order chi connectivity index (χ1) is 10.8. The van der Waals surface area contributed by atoms with Crippen molar-refractivity contribution in [1.82, 2.24) is 19.4 Å². The van der Waals surface area contributed by atoms with Crippen LogP contribution in [0, 0.1) is 0 Å². The lowest BCUT2D eigenvalue weighted by molar-refractivity contribution is 0.306. The fourth-order valence-electron chi connectivity index (χ4n) is 2.51. The molecule has 0 unspecified atom stereocenters. The van der Waals surface area contributed by atoms with Crippen molar-refractivity contribution in [3.63, 3.8) is 0 Å². The first-order valence-corrected chi connectivity index (χ1v) is 7.42. The molecule has 0 saturated carbocycles. The Balaban J connectivity index is 1.65. The van der Waals surface area contributed by atoms with Crippen molar-refractivity contribution in [2.24, 2.45) is 0 Å². The van der Waals surface area contributed by atoms with Gasteiger partial charge in [-0.1, -0.05) is 30.3 Å². The molecule has 0 aliphatic rings. The quantitative estimate of drug-likeness (QED) is 0.700. The van der Waals surface area contributed by atoms with Gasteiger partial charge in [0.1, 0.15) is 5.82 Å². The molecule has 0 amide bonds. The maximum atomic E-state index is 4.50. The van der Waals surface area contributed by atoms with Gasteiger partial charge in [0.2, 0.25) is 0 Å². The average Bonchev–Trinajstić information content (AvgIpc) is 2.96. The van der Waals surface area contributed by atoms with E-state index in [-0.39, 0.29) is 0 Å². The Labute approximate surface area is 131 Å². The lowest BCUT2D eigenvalue weighted by atomic mass is 10.2. The minimum Gasteiger partial charge on any atom is -0.329 e. The molecule has 2 aromatic heterocycles. The van der Waals surface area contributed by atoms with Crippen molar-refractivity contribution in [3.8, 4) is 0 Å². The Kier molecular flexibility index (Phi) is 4.61. The molecule has 0 atom stereocenters. The second-order valence-electron chi connectivity index (χ2n) is 5.48. The number of aromatic nitrogens is 3. The third-order valence-corrected chi connectivity index (χ3v) is 3.61. The van der Waals surface area contributed by atoms with Crippen LogP contribution in [0.15, 0.2) is 67.3 Å². The normalized spacial score (nSPS) is 11.0. The van der Waals surface area contributed by atoms with Gasteiger partial charge in [0, 0.05) is 37.9 Å². The number of nitrogens with zero attached hydrogens (tertiary/aromatic N) is 4. The maximum Gasteiger partial charge on any atom is 0.123 e. The summed E-state index contributed by atoms with van der Waals surface area (Å²) in [6, 6.07) is 14.6. The molecule has 3 aromatic rings. The molecule has 4 heteroatoms. The van der Waals surface area contributed by atoms with E-state index >= 15 is 0 Å². The van der Waals surface area contributed by atoms with Crippen molar-refractivity contribution in [3.05, 3.63) is 84.2 Å². The molecule has 0 aliphatic carbocycles. The van der Waals surface area contributed by atoms with Gasteiger partial charge in [-0.2, -0.15) is 0 Å². The van der Waals surface area contributed by atoms with E-state index in [2.05, 4.69) is 50.7 Å². The summed E-state index contributed by atoms with van der Waals surface area (Å²) in [5.74, 6) is 1.08. The van der Waals surface area contributed by atoms with Gasteiger partial charge in [0.25, 0.3) is 0 Å². The first-order valence-electron chi connectivity index (χ1n) is 7.42. The zero-order valence-electron chi connectivity index (χ0n) is 12.8. The van der Waals surface area contributed by atoms with Crippen LogP contribution in [-0.4, -0.2) is 26.5 Å². The van der Waals surface area contributed by atoms with E-state index in [0.29, 0.717) is 0 Å². The number of rotatable bonds is 6. The summed E-state index contributed by atoms with van der Waals surface area (Å²) >= 11 is 0. The second-order valence-corrected chi connectivity index (χ2v) is 5.48. The predicted molar refractivity (Wildman–Crippen MR) is 87.2 cm³/mol.